The molecule has 3 rings (SSSR count). The molecule has 1 nitrogen and oxygen atoms in total. The number of ether oxygens (including phenoxy) is 1. The Morgan fingerprint density at radius 1 is 0.727 bits per heavy atom. The molecule has 0 atom stereocenters. The zero-order chi connectivity index (χ0) is 15.2. The van der Waals surface area contributed by atoms with Gasteiger partial charge in [-0.3, -0.25) is 0 Å². The van der Waals surface area contributed by atoms with Crippen LogP contribution in [0.5, 0.6) is 11.5 Å². The molecule has 2 heteroatoms. The fourth-order valence-corrected chi connectivity index (χ4v) is 8.50. The van der Waals surface area contributed by atoms with E-state index in [0.29, 0.717) is 0 Å². The molecule has 0 radical (unpaired) electrons. The van der Waals surface area contributed by atoms with Crippen molar-refractivity contribution in [2.24, 2.45) is 0 Å². The number of fused-ring (bicyclic) bond motifs is 2. The van der Waals surface area contributed by atoms with Gasteiger partial charge in [-0.25, -0.2) is 0 Å². The molecule has 0 N–H and O–H groups in total. The Bertz CT molecular complexity index is 563. The molecule has 2 aromatic rings. The number of unbranched alkanes of at least 4 members (excludes halogenated alkanes) is 5. The van der Waals surface area contributed by atoms with Crippen LogP contribution in [0.15, 0.2) is 48.5 Å². The molecule has 0 spiro atoms. The van der Waals surface area contributed by atoms with Gasteiger partial charge in [0.25, 0.3) is 0 Å². The van der Waals surface area contributed by atoms with E-state index in [-0.39, 0.29) is 0 Å². The summed E-state index contributed by atoms with van der Waals surface area (Å²) in [6, 6.07) is 17.4. The maximum absolute atomic E-state index is 6.10. The molecule has 0 unspecified atom stereocenters. The van der Waals surface area contributed by atoms with Gasteiger partial charge >= 0.3 is 139 Å². The summed E-state index contributed by atoms with van der Waals surface area (Å²) in [6.45, 7) is 2.28. The third-order valence-electron chi connectivity index (χ3n) is 4.27. The molecule has 0 amide bonds. The zero-order valence-electron chi connectivity index (χ0n) is 13.4. The molecule has 0 aromatic heterocycles. The Kier molecular flexibility index (Phi) is 5.62. The van der Waals surface area contributed by atoms with Crippen LogP contribution in [0.1, 0.15) is 45.4 Å². The molecule has 0 bridgehead atoms. The van der Waals surface area contributed by atoms with E-state index in [1.807, 2.05) is 0 Å². The molecule has 1 aliphatic heterocycles. The van der Waals surface area contributed by atoms with E-state index in [1.54, 1.807) is 0 Å². The van der Waals surface area contributed by atoms with Crippen molar-refractivity contribution < 1.29 is 4.74 Å². The Morgan fingerprint density at radius 3 is 1.91 bits per heavy atom. The van der Waals surface area contributed by atoms with Gasteiger partial charge in [-0.15, -0.1) is 0 Å². The van der Waals surface area contributed by atoms with Gasteiger partial charge in [0.1, 0.15) is 0 Å². The Balaban J connectivity index is 1.70. The fraction of sp³-hybridized carbons (Fsp3) is 0.400. The molecule has 0 fully saturated rings. The van der Waals surface area contributed by atoms with Gasteiger partial charge in [-0.05, 0) is 0 Å². The summed E-state index contributed by atoms with van der Waals surface area (Å²) in [5.41, 5.74) is 0. The van der Waals surface area contributed by atoms with Crippen molar-refractivity contribution in [3.05, 3.63) is 48.5 Å². The van der Waals surface area contributed by atoms with Gasteiger partial charge in [0.2, 0.25) is 0 Å². The molecular formula is C20H25AsO. The van der Waals surface area contributed by atoms with E-state index in [9.17, 15) is 0 Å². The van der Waals surface area contributed by atoms with Gasteiger partial charge < -0.3 is 0 Å². The second kappa shape index (κ2) is 7.88. The van der Waals surface area contributed by atoms with Crippen molar-refractivity contribution >= 4 is 23.4 Å². The Morgan fingerprint density at radius 2 is 1.27 bits per heavy atom. The Labute approximate surface area is 139 Å². The van der Waals surface area contributed by atoms with Crippen LogP contribution in [-0.4, -0.2) is 14.7 Å². The average molecular weight is 356 g/mol. The summed E-state index contributed by atoms with van der Waals surface area (Å²) < 4.78 is 9.11. The van der Waals surface area contributed by atoms with E-state index in [0.717, 1.165) is 11.5 Å². The normalized spacial score (nSPS) is 13.3. The predicted molar refractivity (Wildman–Crippen MR) is 96.2 cm³/mol. The Hall–Kier alpha value is -1.20. The molecule has 0 saturated heterocycles. The molecule has 2 aromatic carbocycles. The number of rotatable bonds is 7. The average Bonchev–Trinajstić information content (AvgIpc) is 2.57. The van der Waals surface area contributed by atoms with Crippen molar-refractivity contribution in [1.82, 2.24) is 0 Å². The second-order valence-corrected chi connectivity index (χ2v) is 10.7. The first kappa shape index (κ1) is 15.7. The van der Waals surface area contributed by atoms with Crippen LogP contribution in [-0.2, 0) is 0 Å². The molecule has 1 aliphatic rings. The van der Waals surface area contributed by atoms with Gasteiger partial charge in [-0.2, -0.15) is 0 Å². The SMILES string of the molecule is CCCCCCCC[As]1c2ccccc2Oc2ccccc21. The molecule has 0 aliphatic carbocycles. The molecule has 116 valence electrons. The van der Waals surface area contributed by atoms with E-state index in [1.165, 1.54) is 52.4 Å². The first-order chi connectivity index (χ1) is 10.9. The van der Waals surface area contributed by atoms with Crippen molar-refractivity contribution in [1.29, 1.82) is 0 Å². The fourth-order valence-electron chi connectivity index (χ4n) is 3.07. The van der Waals surface area contributed by atoms with Crippen molar-refractivity contribution in [2.45, 2.75) is 50.7 Å². The van der Waals surface area contributed by atoms with E-state index in [4.69, 9.17) is 4.74 Å². The number of para-hydroxylation sites is 2. The van der Waals surface area contributed by atoms with Gasteiger partial charge in [-0.1, -0.05) is 0 Å². The van der Waals surface area contributed by atoms with Crippen molar-refractivity contribution in [3.63, 3.8) is 0 Å². The minimum atomic E-state index is -1.19. The van der Waals surface area contributed by atoms with Crippen LogP contribution >= 0.6 is 0 Å². The quantitative estimate of drug-likeness (QED) is 0.513. The van der Waals surface area contributed by atoms with Gasteiger partial charge in [0.05, 0.1) is 0 Å². The van der Waals surface area contributed by atoms with Crippen LogP contribution in [0.4, 0.5) is 0 Å². The van der Waals surface area contributed by atoms with Gasteiger partial charge in [0, 0.05) is 0 Å². The summed E-state index contributed by atoms with van der Waals surface area (Å²) in [5, 5.41) is 1.37. The van der Waals surface area contributed by atoms with Crippen LogP contribution in [0.2, 0.25) is 5.21 Å². The summed E-state index contributed by atoms with van der Waals surface area (Å²) in [5.74, 6) is 2.21. The zero-order valence-corrected chi connectivity index (χ0v) is 15.3. The summed E-state index contributed by atoms with van der Waals surface area (Å²) in [4.78, 5) is 0. The number of hydrogen-bond acceptors (Lipinski definition) is 1. The first-order valence-electron chi connectivity index (χ1n) is 8.53. The monoisotopic (exact) mass is 356 g/mol. The van der Waals surface area contributed by atoms with Crippen LogP contribution < -0.4 is 13.4 Å². The summed E-state index contributed by atoms with van der Waals surface area (Å²) in [7, 11) is 0. The number of benzene rings is 2. The van der Waals surface area contributed by atoms with E-state index >= 15 is 0 Å². The maximum atomic E-state index is 6.10. The third kappa shape index (κ3) is 3.58. The van der Waals surface area contributed by atoms with Gasteiger partial charge in [0.15, 0.2) is 0 Å². The first-order valence-corrected chi connectivity index (χ1v) is 11.7. The third-order valence-corrected chi connectivity index (χ3v) is 9.86. The topological polar surface area (TPSA) is 9.23 Å². The van der Waals surface area contributed by atoms with Crippen molar-refractivity contribution in [3.8, 4) is 11.5 Å². The van der Waals surface area contributed by atoms with Crippen LogP contribution in [0.25, 0.3) is 0 Å². The summed E-state index contributed by atoms with van der Waals surface area (Å²) in [6.07, 6.45) is 8.27. The molecule has 22 heavy (non-hydrogen) atoms. The van der Waals surface area contributed by atoms with Crippen LogP contribution in [0, 0.1) is 0 Å². The standard InChI is InChI=1S/C20H25AsO/c1-2-3-4-5-6-11-16-21-17-12-7-9-14-19(17)22-20-15-10-8-13-18(20)21/h7-10,12-15H,2-6,11,16H2,1H3. The second-order valence-electron chi connectivity index (χ2n) is 5.96. The number of hydrogen-bond donors (Lipinski definition) is 0. The summed E-state index contributed by atoms with van der Waals surface area (Å²) >= 11 is -1.19. The predicted octanol–water partition coefficient (Wildman–Crippen LogP) is 4.76. The minimum absolute atomic E-state index is 1.10. The molecule has 1 heterocycles. The van der Waals surface area contributed by atoms with Crippen LogP contribution in [0.3, 0.4) is 0 Å². The van der Waals surface area contributed by atoms with Crippen molar-refractivity contribution in [2.75, 3.05) is 0 Å². The van der Waals surface area contributed by atoms with E-state index in [2.05, 4.69) is 55.5 Å². The van der Waals surface area contributed by atoms with E-state index < -0.39 is 14.7 Å². The molecule has 0 saturated carbocycles. The molecular weight excluding hydrogens is 331 g/mol.